The Balaban J connectivity index is 1.43. The van der Waals surface area contributed by atoms with E-state index >= 15 is 0 Å². The van der Waals surface area contributed by atoms with E-state index in [-0.39, 0.29) is 36.5 Å². The van der Waals surface area contributed by atoms with Crippen LogP contribution in [0, 0.1) is 17.8 Å². The molecule has 1 aliphatic heterocycles. The Kier molecular flexibility index (Phi) is 17.1. The van der Waals surface area contributed by atoms with Crippen molar-refractivity contribution < 1.29 is 67.0 Å². The monoisotopic (exact) mass is 786 g/mol. The molecule has 288 valence electrons. The Morgan fingerprint density at radius 1 is 1.02 bits per heavy atom. The normalized spacial score (nSPS) is 20.7. The van der Waals surface area contributed by atoms with Gasteiger partial charge in [0.05, 0.1) is 64.4 Å². The third kappa shape index (κ3) is 14.9. The highest BCUT2D eigenvalue weighted by Gasteiger charge is 2.46. The number of amides is 1. The molecule has 1 amide bonds. The molecule has 3 heterocycles. The summed E-state index contributed by atoms with van der Waals surface area (Å²) < 4.78 is 55.9. The quantitative estimate of drug-likeness (QED) is 0.0321. The molecule has 0 saturated carbocycles. The van der Waals surface area contributed by atoms with E-state index in [1.807, 2.05) is 13.8 Å². The van der Waals surface area contributed by atoms with Crippen molar-refractivity contribution in [2.75, 3.05) is 83.8 Å². The van der Waals surface area contributed by atoms with Crippen LogP contribution in [0.4, 0.5) is 5.82 Å². The summed E-state index contributed by atoms with van der Waals surface area (Å²) >= 11 is 6.20. The fraction of sp³-hybridized carbons (Fsp3) is 0.714. The number of carbonyl (C=O) groups is 1. The van der Waals surface area contributed by atoms with Gasteiger partial charge in [0, 0.05) is 19.5 Å². The number of halogens is 1. The summed E-state index contributed by atoms with van der Waals surface area (Å²) in [6.45, 7) is 6.55. The molecule has 0 spiro atoms. The fourth-order valence-electron chi connectivity index (χ4n) is 4.52. The molecule has 23 heteroatoms. The van der Waals surface area contributed by atoms with Gasteiger partial charge in [0.1, 0.15) is 30.7 Å². The molecular formula is C28H45ClN6O14P2. The van der Waals surface area contributed by atoms with Crippen molar-refractivity contribution in [2.45, 2.75) is 44.8 Å². The van der Waals surface area contributed by atoms with E-state index in [0.29, 0.717) is 63.9 Å². The second-order valence-electron chi connectivity index (χ2n) is 12.1. The molecule has 7 N–H and O–H groups in total. The van der Waals surface area contributed by atoms with Crippen LogP contribution in [0.1, 0.15) is 26.5 Å². The molecule has 51 heavy (non-hydrogen) atoms. The first kappa shape index (κ1) is 43.1. The van der Waals surface area contributed by atoms with Crippen LogP contribution in [0.25, 0.3) is 11.0 Å². The third-order valence-corrected chi connectivity index (χ3v) is 10.7. The lowest BCUT2D eigenvalue weighted by molar-refractivity contribution is -0.122. The Morgan fingerprint density at radius 2 is 1.65 bits per heavy atom. The Morgan fingerprint density at radius 3 is 2.27 bits per heavy atom. The maximum atomic E-state index is 12.4. The first-order valence-electron chi connectivity index (χ1n) is 15.7. The minimum atomic E-state index is -4.88. The number of anilines is 1. The molecule has 5 atom stereocenters. The van der Waals surface area contributed by atoms with Crippen molar-refractivity contribution >= 4 is 49.6 Å². The van der Waals surface area contributed by atoms with Crippen LogP contribution in [0.5, 0.6) is 0 Å². The number of aliphatic hydroxyl groups excluding tert-OH is 2. The van der Waals surface area contributed by atoms with E-state index in [4.69, 9.17) is 56.0 Å². The van der Waals surface area contributed by atoms with Gasteiger partial charge in [0.15, 0.2) is 17.8 Å². The highest BCUT2D eigenvalue weighted by molar-refractivity contribution is 7.70. The fourth-order valence-corrected chi connectivity index (χ4v) is 7.25. The zero-order valence-electron chi connectivity index (χ0n) is 28.1. The van der Waals surface area contributed by atoms with Crippen molar-refractivity contribution in [1.82, 2.24) is 25.1 Å². The third-order valence-electron chi connectivity index (χ3n) is 7.08. The van der Waals surface area contributed by atoms with Crippen molar-refractivity contribution in [3.63, 3.8) is 0 Å². The zero-order valence-corrected chi connectivity index (χ0v) is 30.7. The van der Waals surface area contributed by atoms with Crippen molar-refractivity contribution in [3.8, 4) is 12.3 Å². The Labute approximate surface area is 299 Å². The van der Waals surface area contributed by atoms with Crippen molar-refractivity contribution in [1.29, 1.82) is 0 Å². The molecule has 2 aromatic rings. The average molecular weight is 787 g/mol. The topological polar surface area (TPSA) is 275 Å². The van der Waals surface area contributed by atoms with Gasteiger partial charge in [0.2, 0.25) is 11.2 Å². The first-order valence-corrected chi connectivity index (χ1v) is 19.6. The molecule has 1 fully saturated rings. The molecule has 20 nitrogen and oxygen atoms in total. The molecule has 2 aromatic heterocycles. The molecule has 3 rings (SSSR count). The zero-order chi connectivity index (χ0) is 37.7. The lowest BCUT2D eigenvalue weighted by Crippen LogP contribution is -2.38. The molecule has 0 aromatic carbocycles. The van der Waals surface area contributed by atoms with Crippen LogP contribution in [-0.4, -0.2) is 147 Å². The summed E-state index contributed by atoms with van der Waals surface area (Å²) in [5.74, 6) is 1.04. The van der Waals surface area contributed by atoms with Crippen molar-refractivity contribution in [2.24, 2.45) is 5.41 Å². The number of terminal acetylenes is 1. The second-order valence-corrected chi connectivity index (χ2v) is 16.4. The lowest BCUT2D eigenvalue weighted by atomic mass is 9.93. The minimum absolute atomic E-state index is 0.122. The molecule has 0 radical (unpaired) electrons. The number of ether oxygens (including phenoxy) is 5. The molecule has 1 unspecified atom stereocenters. The van der Waals surface area contributed by atoms with Gasteiger partial charge in [-0.15, -0.1) is 6.42 Å². The van der Waals surface area contributed by atoms with E-state index in [2.05, 4.69) is 31.6 Å². The van der Waals surface area contributed by atoms with Crippen LogP contribution < -0.4 is 10.6 Å². The summed E-state index contributed by atoms with van der Waals surface area (Å²) in [6, 6.07) is 0. The molecule has 0 bridgehead atoms. The first-order chi connectivity index (χ1) is 24.0. The predicted octanol–water partition coefficient (Wildman–Crippen LogP) is 0.0801. The SMILES string of the molecule is C#CCOCCOCCOCCOCCC(=O)NCC(C)(C)CNc1nc(Cl)nc2c1cnn2[C@@H]1O[C@H](COP(=O)(O)CP(=O)(O)O)[C@@H](O)[C@H]1O. The van der Waals surface area contributed by atoms with E-state index in [1.165, 1.54) is 6.20 Å². The number of hydrogen-bond donors (Lipinski definition) is 7. The Bertz CT molecular complexity index is 1560. The van der Waals surface area contributed by atoms with Gasteiger partial charge >= 0.3 is 15.2 Å². The number of fused-ring (bicyclic) bond motifs is 1. The summed E-state index contributed by atoms with van der Waals surface area (Å²) in [5.41, 5.74) is -0.343. The lowest BCUT2D eigenvalue weighted by Gasteiger charge is -2.26. The largest absolute Gasteiger partial charge is 0.387 e. The van der Waals surface area contributed by atoms with Gasteiger partial charge in [-0.2, -0.15) is 15.1 Å². The standard InChI is InChI=1S/C28H45ClN6O14P2/c1-4-6-44-8-10-46-12-13-47-11-9-45-7-5-21(36)30-16-28(2,3)17-31-24-19-14-32-35(25(19)34-27(29)33-24)26-23(38)22(37)20(49-26)15-48-51(42,43)18-50(39,40)41/h1,14,20,22-23,26,37-38H,5-13,15-18H2,2-3H3,(H,30,36)(H,42,43)(H,31,33,34)(H2,39,40,41)/t20-,22-,23-,26-/m1/s1. The average Bonchev–Trinajstić information content (AvgIpc) is 3.58. The number of nitrogens with zero attached hydrogens (tertiary/aromatic N) is 4. The predicted molar refractivity (Wildman–Crippen MR) is 181 cm³/mol. The second kappa shape index (κ2) is 20.2. The summed E-state index contributed by atoms with van der Waals surface area (Å²) in [5, 5.41) is 31.7. The van der Waals surface area contributed by atoms with E-state index in [0.717, 1.165) is 4.68 Å². The number of nitrogens with one attached hydrogen (secondary N) is 2. The maximum Gasteiger partial charge on any atom is 0.340 e. The number of hydrogen-bond acceptors (Lipinski definition) is 15. The Hall–Kier alpha value is -2.31. The number of aliphatic hydroxyl groups is 2. The van der Waals surface area contributed by atoms with E-state index in [1.54, 1.807) is 0 Å². The highest BCUT2D eigenvalue weighted by atomic mass is 35.5. The van der Waals surface area contributed by atoms with Crippen molar-refractivity contribution in [3.05, 3.63) is 11.5 Å². The van der Waals surface area contributed by atoms with E-state index < -0.39 is 57.7 Å². The van der Waals surface area contributed by atoms with Crippen LogP contribution in [0.3, 0.4) is 0 Å². The van der Waals surface area contributed by atoms with Gasteiger partial charge in [0.25, 0.3) is 0 Å². The van der Waals surface area contributed by atoms with Crippen LogP contribution >= 0.6 is 26.8 Å². The summed E-state index contributed by atoms with van der Waals surface area (Å²) in [7, 11) is -9.62. The van der Waals surface area contributed by atoms with Gasteiger partial charge < -0.3 is 63.7 Å². The summed E-state index contributed by atoms with van der Waals surface area (Å²) in [4.78, 5) is 48.5. The smallest absolute Gasteiger partial charge is 0.340 e. The van der Waals surface area contributed by atoms with Gasteiger partial charge in [-0.05, 0) is 17.0 Å². The van der Waals surface area contributed by atoms with Crippen LogP contribution in [-0.2, 0) is 42.1 Å². The van der Waals surface area contributed by atoms with Gasteiger partial charge in [-0.3, -0.25) is 13.9 Å². The van der Waals surface area contributed by atoms with Gasteiger partial charge in [-0.25, -0.2) is 4.68 Å². The molecule has 1 aliphatic rings. The van der Waals surface area contributed by atoms with Crippen LogP contribution in [0.15, 0.2) is 6.20 Å². The number of carbonyl (C=O) groups excluding carboxylic acids is 1. The minimum Gasteiger partial charge on any atom is -0.387 e. The van der Waals surface area contributed by atoms with Crippen LogP contribution in [0.2, 0.25) is 5.28 Å². The number of aromatic nitrogens is 4. The summed E-state index contributed by atoms with van der Waals surface area (Å²) in [6.07, 6.45) is 0.700. The van der Waals surface area contributed by atoms with Gasteiger partial charge in [-0.1, -0.05) is 19.8 Å². The maximum absolute atomic E-state index is 12.4. The van der Waals surface area contributed by atoms with E-state index in [9.17, 15) is 29.0 Å². The highest BCUT2D eigenvalue weighted by Crippen LogP contribution is 2.55. The molecule has 1 saturated heterocycles. The molecular weight excluding hydrogens is 742 g/mol. The molecule has 0 aliphatic carbocycles. The number of rotatable bonds is 24.